The largest absolute Gasteiger partial charge is 0.338 e. The summed E-state index contributed by atoms with van der Waals surface area (Å²) >= 11 is 0. The topological polar surface area (TPSA) is 109 Å². The lowest BCUT2D eigenvalue weighted by Crippen LogP contribution is -2.50. The Bertz CT molecular complexity index is 526. The number of halogens is 1. The maximum Gasteiger partial charge on any atom is 0.315 e. The zero-order chi connectivity index (χ0) is 16.8. The molecule has 0 aromatic carbocycles. The summed E-state index contributed by atoms with van der Waals surface area (Å²) < 4.78 is 5.02. The molecule has 4 N–H and O–H groups in total. The van der Waals surface area contributed by atoms with Crippen molar-refractivity contribution in [2.24, 2.45) is 5.73 Å². The highest BCUT2D eigenvalue weighted by Crippen LogP contribution is 2.17. The molecule has 8 nitrogen and oxygen atoms in total. The van der Waals surface area contributed by atoms with Crippen molar-refractivity contribution >= 4 is 18.4 Å². The minimum absolute atomic E-state index is 0. The summed E-state index contributed by atoms with van der Waals surface area (Å²) in [6, 6.07) is 0.592. The van der Waals surface area contributed by atoms with Crippen molar-refractivity contribution in [3.05, 3.63) is 11.7 Å². The number of nitrogens with two attached hydrogens (primary N) is 1. The van der Waals surface area contributed by atoms with Gasteiger partial charge in [0, 0.05) is 25.2 Å². The molecule has 2 heterocycles. The van der Waals surface area contributed by atoms with Gasteiger partial charge in [-0.1, -0.05) is 24.4 Å². The number of urea groups is 1. The standard InChI is InChI=1S/C16H28N6O2.ClH/c17-10-15-20-14(21-24-15)11-22-8-6-13(7-9-22)19-16(23)18-12-4-2-1-3-5-12;/h12-13H,1-11,17H2,(H2,18,19,23);1H. The summed E-state index contributed by atoms with van der Waals surface area (Å²) in [7, 11) is 0. The minimum atomic E-state index is -0.00824. The van der Waals surface area contributed by atoms with Crippen molar-refractivity contribution in [1.82, 2.24) is 25.7 Å². The molecule has 2 amide bonds. The van der Waals surface area contributed by atoms with Gasteiger partial charge in [-0.25, -0.2) is 4.79 Å². The Morgan fingerprint density at radius 2 is 1.76 bits per heavy atom. The molecule has 0 unspecified atom stereocenters. The Balaban J connectivity index is 0.00000225. The van der Waals surface area contributed by atoms with E-state index in [2.05, 4.69) is 25.7 Å². The third-order valence-electron chi connectivity index (χ3n) is 4.91. The van der Waals surface area contributed by atoms with Gasteiger partial charge in [0.05, 0.1) is 13.1 Å². The van der Waals surface area contributed by atoms with Crippen LogP contribution in [0.2, 0.25) is 0 Å². The second kappa shape index (κ2) is 9.94. The van der Waals surface area contributed by atoms with Crippen molar-refractivity contribution in [3.63, 3.8) is 0 Å². The summed E-state index contributed by atoms with van der Waals surface area (Å²) in [5.74, 6) is 1.15. The summed E-state index contributed by atoms with van der Waals surface area (Å²) in [5, 5.41) is 10.2. The van der Waals surface area contributed by atoms with Crippen LogP contribution < -0.4 is 16.4 Å². The molecular weight excluding hydrogens is 344 g/mol. The fraction of sp³-hybridized carbons (Fsp3) is 0.812. The molecule has 0 radical (unpaired) electrons. The molecule has 142 valence electrons. The molecule has 2 aliphatic rings. The van der Waals surface area contributed by atoms with E-state index in [0.717, 1.165) is 38.8 Å². The summed E-state index contributed by atoms with van der Waals surface area (Å²) in [6.45, 7) is 2.78. The van der Waals surface area contributed by atoms with Gasteiger partial charge in [0.15, 0.2) is 5.82 Å². The lowest BCUT2D eigenvalue weighted by atomic mass is 9.96. The van der Waals surface area contributed by atoms with E-state index in [-0.39, 0.29) is 31.0 Å². The van der Waals surface area contributed by atoms with Crippen LogP contribution in [-0.2, 0) is 13.1 Å². The number of nitrogens with one attached hydrogen (secondary N) is 2. The highest BCUT2D eigenvalue weighted by atomic mass is 35.5. The highest BCUT2D eigenvalue weighted by molar-refractivity contribution is 5.85. The van der Waals surface area contributed by atoms with Gasteiger partial charge in [0.1, 0.15) is 0 Å². The molecule has 1 aliphatic heterocycles. The van der Waals surface area contributed by atoms with Gasteiger partial charge >= 0.3 is 6.03 Å². The van der Waals surface area contributed by atoms with Gasteiger partial charge in [0.25, 0.3) is 0 Å². The van der Waals surface area contributed by atoms with Gasteiger partial charge in [-0.2, -0.15) is 4.98 Å². The first-order valence-electron chi connectivity index (χ1n) is 9.04. The van der Waals surface area contributed by atoms with Gasteiger partial charge in [-0.05, 0) is 25.7 Å². The number of hydrogen-bond donors (Lipinski definition) is 3. The molecule has 9 heteroatoms. The van der Waals surface area contributed by atoms with Crippen LogP contribution in [0.5, 0.6) is 0 Å². The maximum absolute atomic E-state index is 12.1. The molecule has 1 saturated carbocycles. The maximum atomic E-state index is 12.1. The second-order valence-electron chi connectivity index (χ2n) is 6.81. The van der Waals surface area contributed by atoms with E-state index in [1.807, 2.05) is 0 Å². The van der Waals surface area contributed by atoms with Crippen LogP contribution in [0, 0.1) is 0 Å². The Morgan fingerprint density at radius 1 is 1.12 bits per heavy atom. The number of likely N-dealkylation sites (tertiary alicyclic amines) is 1. The van der Waals surface area contributed by atoms with Crippen molar-refractivity contribution in [2.45, 2.75) is 70.1 Å². The lowest BCUT2D eigenvalue weighted by Gasteiger charge is -2.32. The molecule has 3 rings (SSSR count). The molecule has 25 heavy (non-hydrogen) atoms. The molecule has 0 atom stereocenters. The van der Waals surface area contributed by atoms with E-state index in [0.29, 0.717) is 24.3 Å². The average Bonchev–Trinajstić information content (AvgIpc) is 3.05. The summed E-state index contributed by atoms with van der Waals surface area (Å²) in [4.78, 5) is 18.6. The Kier molecular flexibility index (Phi) is 7.92. The monoisotopic (exact) mass is 372 g/mol. The predicted molar refractivity (Wildman–Crippen MR) is 96.3 cm³/mol. The van der Waals surface area contributed by atoms with Gasteiger partial charge in [-0.15, -0.1) is 12.4 Å². The van der Waals surface area contributed by atoms with E-state index < -0.39 is 0 Å². The number of rotatable bonds is 5. The third kappa shape index (κ3) is 6.13. The number of piperidine rings is 1. The average molecular weight is 373 g/mol. The van der Waals surface area contributed by atoms with Crippen molar-refractivity contribution in [1.29, 1.82) is 0 Å². The molecule has 1 aromatic heterocycles. The highest BCUT2D eigenvalue weighted by Gasteiger charge is 2.23. The van der Waals surface area contributed by atoms with Gasteiger partial charge in [-0.3, -0.25) is 4.90 Å². The van der Waals surface area contributed by atoms with Crippen LogP contribution in [0.25, 0.3) is 0 Å². The first-order chi connectivity index (χ1) is 11.7. The smallest absolute Gasteiger partial charge is 0.315 e. The Morgan fingerprint density at radius 3 is 2.36 bits per heavy atom. The molecule has 0 bridgehead atoms. The van der Waals surface area contributed by atoms with E-state index in [4.69, 9.17) is 10.3 Å². The molecular formula is C16H29ClN6O2. The normalized spacial score (nSPS) is 20.0. The van der Waals surface area contributed by atoms with E-state index in [9.17, 15) is 4.79 Å². The zero-order valence-electron chi connectivity index (χ0n) is 14.6. The van der Waals surface area contributed by atoms with Crippen molar-refractivity contribution in [2.75, 3.05) is 13.1 Å². The quantitative estimate of drug-likeness (QED) is 0.723. The minimum Gasteiger partial charge on any atom is -0.338 e. The molecule has 2 fully saturated rings. The number of hydrogen-bond acceptors (Lipinski definition) is 6. The molecule has 0 spiro atoms. The second-order valence-corrected chi connectivity index (χ2v) is 6.81. The summed E-state index contributed by atoms with van der Waals surface area (Å²) in [5.41, 5.74) is 5.47. The van der Waals surface area contributed by atoms with E-state index in [1.54, 1.807) is 0 Å². The van der Waals surface area contributed by atoms with Crippen LogP contribution in [0.15, 0.2) is 4.52 Å². The van der Waals surface area contributed by atoms with Crippen LogP contribution in [0.1, 0.15) is 56.7 Å². The Hall–Kier alpha value is -1.38. The van der Waals surface area contributed by atoms with E-state index >= 15 is 0 Å². The van der Waals surface area contributed by atoms with Gasteiger partial charge < -0.3 is 20.9 Å². The Labute approximate surface area is 154 Å². The number of carbonyl (C=O) groups excluding carboxylic acids is 1. The van der Waals surface area contributed by atoms with Crippen molar-refractivity contribution < 1.29 is 9.32 Å². The SMILES string of the molecule is Cl.NCc1nc(CN2CCC(NC(=O)NC3CCCCC3)CC2)no1. The number of nitrogens with zero attached hydrogens (tertiary/aromatic N) is 3. The molecule has 1 aliphatic carbocycles. The van der Waals surface area contributed by atoms with Crippen LogP contribution in [-0.4, -0.2) is 46.2 Å². The molecule has 1 aromatic rings. The van der Waals surface area contributed by atoms with Crippen LogP contribution in [0.4, 0.5) is 4.79 Å². The molecule has 1 saturated heterocycles. The zero-order valence-corrected chi connectivity index (χ0v) is 15.4. The predicted octanol–water partition coefficient (Wildman–Crippen LogP) is 1.55. The van der Waals surface area contributed by atoms with E-state index in [1.165, 1.54) is 19.3 Å². The number of aromatic nitrogens is 2. The summed E-state index contributed by atoms with van der Waals surface area (Å²) in [6.07, 6.45) is 7.87. The third-order valence-corrected chi connectivity index (χ3v) is 4.91. The van der Waals surface area contributed by atoms with Crippen LogP contribution >= 0.6 is 12.4 Å². The van der Waals surface area contributed by atoms with Crippen LogP contribution in [0.3, 0.4) is 0 Å². The van der Waals surface area contributed by atoms with Gasteiger partial charge in [0.2, 0.25) is 5.89 Å². The lowest BCUT2D eigenvalue weighted by molar-refractivity contribution is 0.180. The number of amides is 2. The fourth-order valence-electron chi connectivity index (χ4n) is 3.53. The first-order valence-corrected chi connectivity index (χ1v) is 9.04. The first kappa shape index (κ1) is 19.9. The fourth-order valence-corrected chi connectivity index (χ4v) is 3.53. The van der Waals surface area contributed by atoms with Crippen molar-refractivity contribution in [3.8, 4) is 0 Å². The number of carbonyl (C=O) groups is 1.